The minimum absolute atomic E-state index is 0.275. The number of aryl methyl sites for hydroxylation is 1. The maximum Gasteiger partial charge on any atom is 0.152 e. The molecule has 2 N–H and O–H groups in total. The molecule has 1 heterocycles. The zero-order valence-corrected chi connectivity index (χ0v) is 11.3. The van der Waals surface area contributed by atoms with Crippen LogP contribution in [0.3, 0.4) is 0 Å². The standard InChI is InChI=1S/C16H14ClNO/c1-10-4-2-5-11(8-10)15(18)14-9-12-6-3-7-13(17)16(12)19-14/h2-9,15H,18H2,1H3. The van der Waals surface area contributed by atoms with Gasteiger partial charge < -0.3 is 10.2 Å². The Labute approximate surface area is 116 Å². The molecule has 1 unspecified atom stereocenters. The minimum atomic E-state index is -0.275. The van der Waals surface area contributed by atoms with Crippen LogP contribution < -0.4 is 5.73 Å². The van der Waals surface area contributed by atoms with Crippen molar-refractivity contribution in [2.45, 2.75) is 13.0 Å². The van der Waals surface area contributed by atoms with Gasteiger partial charge in [-0.3, -0.25) is 0 Å². The van der Waals surface area contributed by atoms with Crippen molar-refractivity contribution >= 4 is 22.6 Å². The quantitative estimate of drug-likeness (QED) is 0.748. The average molecular weight is 272 g/mol. The molecule has 0 saturated carbocycles. The normalized spacial score (nSPS) is 12.8. The summed E-state index contributed by atoms with van der Waals surface area (Å²) in [4.78, 5) is 0. The Bertz CT molecular complexity index is 732. The monoisotopic (exact) mass is 271 g/mol. The molecule has 0 aliphatic heterocycles. The number of furan rings is 1. The fourth-order valence-electron chi connectivity index (χ4n) is 2.23. The zero-order valence-electron chi connectivity index (χ0n) is 10.6. The Morgan fingerprint density at radius 3 is 2.63 bits per heavy atom. The van der Waals surface area contributed by atoms with Gasteiger partial charge in [0, 0.05) is 5.39 Å². The summed E-state index contributed by atoms with van der Waals surface area (Å²) in [6.07, 6.45) is 0. The molecule has 3 heteroatoms. The molecule has 1 atom stereocenters. The van der Waals surface area contributed by atoms with Crippen molar-refractivity contribution < 1.29 is 4.42 Å². The maximum absolute atomic E-state index is 6.26. The number of hydrogen-bond acceptors (Lipinski definition) is 2. The van der Waals surface area contributed by atoms with Gasteiger partial charge in [0.15, 0.2) is 5.58 Å². The van der Waals surface area contributed by atoms with Gasteiger partial charge in [-0.1, -0.05) is 53.6 Å². The van der Waals surface area contributed by atoms with Crippen LogP contribution in [0.15, 0.2) is 52.9 Å². The first-order chi connectivity index (χ1) is 9.15. The zero-order chi connectivity index (χ0) is 13.4. The third-order valence-electron chi connectivity index (χ3n) is 3.22. The van der Waals surface area contributed by atoms with Gasteiger partial charge in [0.25, 0.3) is 0 Å². The van der Waals surface area contributed by atoms with Crippen LogP contribution in [0.1, 0.15) is 22.9 Å². The molecular formula is C16H14ClNO. The number of halogens is 1. The van der Waals surface area contributed by atoms with Crippen LogP contribution in [-0.4, -0.2) is 0 Å². The second-order valence-corrected chi connectivity index (χ2v) is 5.11. The molecule has 0 bridgehead atoms. The molecule has 3 rings (SSSR count). The van der Waals surface area contributed by atoms with E-state index in [4.69, 9.17) is 21.8 Å². The molecule has 2 aromatic carbocycles. The molecule has 0 aliphatic rings. The maximum atomic E-state index is 6.26. The molecule has 19 heavy (non-hydrogen) atoms. The number of rotatable bonds is 2. The van der Waals surface area contributed by atoms with E-state index in [2.05, 4.69) is 6.07 Å². The van der Waals surface area contributed by atoms with E-state index in [-0.39, 0.29) is 6.04 Å². The van der Waals surface area contributed by atoms with Crippen molar-refractivity contribution in [3.8, 4) is 0 Å². The highest BCUT2D eigenvalue weighted by molar-refractivity contribution is 6.34. The smallest absolute Gasteiger partial charge is 0.152 e. The van der Waals surface area contributed by atoms with Crippen LogP contribution in [0, 0.1) is 6.92 Å². The second-order valence-electron chi connectivity index (χ2n) is 4.70. The van der Waals surface area contributed by atoms with Crippen LogP contribution in [-0.2, 0) is 0 Å². The van der Waals surface area contributed by atoms with Crippen LogP contribution in [0.4, 0.5) is 0 Å². The van der Waals surface area contributed by atoms with Gasteiger partial charge in [-0.2, -0.15) is 0 Å². The Morgan fingerprint density at radius 2 is 1.89 bits per heavy atom. The van der Waals surface area contributed by atoms with Crippen molar-refractivity contribution in [3.63, 3.8) is 0 Å². The first-order valence-corrected chi connectivity index (χ1v) is 6.53. The van der Waals surface area contributed by atoms with Gasteiger partial charge in [0.1, 0.15) is 5.76 Å². The van der Waals surface area contributed by atoms with Gasteiger partial charge in [-0.05, 0) is 24.6 Å². The lowest BCUT2D eigenvalue weighted by molar-refractivity contribution is 0.525. The summed E-state index contributed by atoms with van der Waals surface area (Å²) >= 11 is 6.11. The van der Waals surface area contributed by atoms with Crippen LogP contribution in [0.2, 0.25) is 5.02 Å². The third-order valence-corrected chi connectivity index (χ3v) is 3.52. The number of nitrogens with two attached hydrogens (primary N) is 1. The molecule has 0 radical (unpaired) electrons. The fourth-order valence-corrected chi connectivity index (χ4v) is 2.45. The van der Waals surface area contributed by atoms with E-state index in [1.54, 1.807) is 0 Å². The summed E-state index contributed by atoms with van der Waals surface area (Å²) in [5.74, 6) is 0.730. The van der Waals surface area contributed by atoms with E-state index in [0.717, 1.165) is 16.7 Å². The van der Waals surface area contributed by atoms with E-state index >= 15 is 0 Å². The van der Waals surface area contributed by atoms with Gasteiger partial charge >= 0.3 is 0 Å². The molecule has 3 aromatic rings. The fraction of sp³-hybridized carbons (Fsp3) is 0.125. The Kier molecular flexibility index (Phi) is 3.05. The summed E-state index contributed by atoms with van der Waals surface area (Å²) in [5.41, 5.74) is 9.18. The summed E-state index contributed by atoms with van der Waals surface area (Å²) in [7, 11) is 0. The first-order valence-electron chi connectivity index (χ1n) is 6.15. The van der Waals surface area contributed by atoms with Crippen LogP contribution >= 0.6 is 11.6 Å². The number of fused-ring (bicyclic) bond motifs is 1. The van der Waals surface area contributed by atoms with E-state index in [9.17, 15) is 0 Å². The third kappa shape index (κ3) is 2.25. The van der Waals surface area contributed by atoms with E-state index < -0.39 is 0 Å². The summed E-state index contributed by atoms with van der Waals surface area (Å²) in [5, 5.41) is 1.59. The highest BCUT2D eigenvalue weighted by Gasteiger charge is 2.15. The van der Waals surface area contributed by atoms with Crippen molar-refractivity contribution in [3.05, 3.63) is 70.4 Å². The first kappa shape index (κ1) is 12.3. The van der Waals surface area contributed by atoms with E-state index in [1.807, 2.05) is 49.4 Å². The average Bonchev–Trinajstić information content (AvgIpc) is 2.83. The van der Waals surface area contributed by atoms with Gasteiger partial charge in [0.2, 0.25) is 0 Å². The van der Waals surface area contributed by atoms with Gasteiger partial charge in [-0.25, -0.2) is 0 Å². The SMILES string of the molecule is Cc1cccc(C(N)c2cc3cccc(Cl)c3o2)c1. The Balaban J connectivity index is 2.06. The lowest BCUT2D eigenvalue weighted by Crippen LogP contribution is -2.10. The summed E-state index contributed by atoms with van der Waals surface area (Å²) in [6.45, 7) is 2.05. The van der Waals surface area contributed by atoms with Crippen molar-refractivity contribution in [2.75, 3.05) is 0 Å². The second kappa shape index (κ2) is 4.72. The molecule has 2 nitrogen and oxygen atoms in total. The number of para-hydroxylation sites is 1. The summed E-state index contributed by atoms with van der Waals surface area (Å²) < 4.78 is 5.80. The van der Waals surface area contributed by atoms with E-state index in [1.165, 1.54) is 5.56 Å². The number of hydrogen-bond donors (Lipinski definition) is 1. The molecular weight excluding hydrogens is 258 g/mol. The minimum Gasteiger partial charge on any atom is -0.457 e. The molecule has 0 aliphatic carbocycles. The predicted molar refractivity (Wildman–Crippen MR) is 78.4 cm³/mol. The van der Waals surface area contributed by atoms with Crippen molar-refractivity contribution in [2.24, 2.45) is 5.73 Å². The largest absolute Gasteiger partial charge is 0.457 e. The highest BCUT2D eigenvalue weighted by atomic mass is 35.5. The predicted octanol–water partition coefficient (Wildman–Crippen LogP) is 4.44. The van der Waals surface area contributed by atoms with Crippen LogP contribution in [0.5, 0.6) is 0 Å². The van der Waals surface area contributed by atoms with Crippen molar-refractivity contribution in [1.29, 1.82) is 0 Å². The van der Waals surface area contributed by atoms with Gasteiger partial charge in [0.05, 0.1) is 11.1 Å². The lowest BCUT2D eigenvalue weighted by atomic mass is 10.0. The molecule has 0 amide bonds. The van der Waals surface area contributed by atoms with Gasteiger partial charge in [-0.15, -0.1) is 0 Å². The van der Waals surface area contributed by atoms with Crippen molar-refractivity contribution in [1.82, 2.24) is 0 Å². The molecule has 96 valence electrons. The Hall–Kier alpha value is -1.77. The molecule has 0 spiro atoms. The molecule has 1 aromatic heterocycles. The molecule has 0 fully saturated rings. The summed E-state index contributed by atoms with van der Waals surface area (Å²) in [6, 6.07) is 15.5. The number of benzene rings is 2. The van der Waals surface area contributed by atoms with Crippen LogP contribution in [0.25, 0.3) is 11.0 Å². The highest BCUT2D eigenvalue weighted by Crippen LogP contribution is 2.31. The topological polar surface area (TPSA) is 39.2 Å². The van der Waals surface area contributed by atoms with E-state index in [0.29, 0.717) is 10.6 Å². The molecule has 0 saturated heterocycles. The lowest BCUT2D eigenvalue weighted by Gasteiger charge is -2.09. The Morgan fingerprint density at radius 1 is 1.11 bits per heavy atom.